The van der Waals surface area contributed by atoms with Crippen molar-refractivity contribution in [3.63, 3.8) is 0 Å². The van der Waals surface area contributed by atoms with E-state index in [1.807, 2.05) is 30.3 Å². The zero-order chi connectivity index (χ0) is 13.8. The minimum Gasteiger partial charge on any atom is -0.394 e. The molecule has 0 aliphatic carbocycles. The third kappa shape index (κ3) is 3.15. The molecule has 0 aliphatic heterocycles. The van der Waals surface area contributed by atoms with Crippen LogP contribution in [0.25, 0.3) is 0 Å². The molecule has 2 aromatic rings. The Morgan fingerprint density at radius 2 is 1.58 bits per heavy atom. The first kappa shape index (κ1) is 13.6. The smallest absolute Gasteiger partial charge is 0.0745 e. The van der Waals surface area contributed by atoms with E-state index in [2.05, 4.69) is 38.2 Å². The van der Waals surface area contributed by atoms with Gasteiger partial charge in [0.05, 0.1) is 12.6 Å². The second kappa shape index (κ2) is 5.89. The van der Waals surface area contributed by atoms with Crippen LogP contribution in [0.5, 0.6) is 0 Å². The summed E-state index contributed by atoms with van der Waals surface area (Å²) in [4.78, 5) is 0. The van der Waals surface area contributed by atoms with Gasteiger partial charge in [0, 0.05) is 5.69 Å². The summed E-state index contributed by atoms with van der Waals surface area (Å²) in [6.07, 6.45) is 0. The van der Waals surface area contributed by atoms with Gasteiger partial charge in [-0.2, -0.15) is 0 Å². The van der Waals surface area contributed by atoms with Crippen molar-refractivity contribution >= 4 is 5.69 Å². The van der Waals surface area contributed by atoms with Crippen LogP contribution in [-0.2, 0) is 0 Å². The lowest BCUT2D eigenvalue weighted by molar-refractivity contribution is 0.276. The number of nitrogens with one attached hydrogen (secondary N) is 1. The van der Waals surface area contributed by atoms with E-state index >= 15 is 0 Å². The average Bonchev–Trinajstić information content (AvgIpc) is 2.39. The summed E-state index contributed by atoms with van der Waals surface area (Å²) >= 11 is 0. The molecule has 0 saturated heterocycles. The number of rotatable bonds is 4. The number of aliphatic hydroxyl groups is 1. The minimum absolute atomic E-state index is 0.0682. The lowest BCUT2D eigenvalue weighted by Gasteiger charge is -2.21. The van der Waals surface area contributed by atoms with E-state index in [-0.39, 0.29) is 12.6 Å². The van der Waals surface area contributed by atoms with Crippen LogP contribution in [0.1, 0.15) is 28.3 Å². The number of aryl methyl sites for hydroxylation is 3. The first-order valence-electron chi connectivity index (χ1n) is 6.62. The second-order valence-corrected chi connectivity index (χ2v) is 5.06. The van der Waals surface area contributed by atoms with Gasteiger partial charge in [0.2, 0.25) is 0 Å². The van der Waals surface area contributed by atoms with Crippen LogP contribution >= 0.6 is 0 Å². The van der Waals surface area contributed by atoms with E-state index in [1.54, 1.807) is 0 Å². The molecule has 1 atom stereocenters. The molecule has 0 bridgehead atoms. The van der Waals surface area contributed by atoms with E-state index in [0.29, 0.717) is 0 Å². The number of aliphatic hydroxyl groups excluding tert-OH is 1. The normalized spacial score (nSPS) is 12.2. The summed E-state index contributed by atoms with van der Waals surface area (Å²) in [6.45, 7) is 6.38. The lowest BCUT2D eigenvalue weighted by atomic mass is 10.0. The van der Waals surface area contributed by atoms with Gasteiger partial charge in [0.1, 0.15) is 0 Å². The van der Waals surface area contributed by atoms with E-state index in [0.717, 1.165) is 11.3 Å². The molecule has 2 nitrogen and oxygen atoms in total. The van der Waals surface area contributed by atoms with Gasteiger partial charge >= 0.3 is 0 Å². The predicted octanol–water partition coefficient (Wildman–Crippen LogP) is 3.76. The van der Waals surface area contributed by atoms with Crippen LogP contribution in [0.4, 0.5) is 5.69 Å². The van der Waals surface area contributed by atoms with Crippen LogP contribution < -0.4 is 5.32 Å². The zero-order valence-corrected chi connectivity index (χ0v) is 11.8. The fraction of sp³-hybridized carbons (Fsp3) is 0.294. The summed E-state index contributed by atoms with van der Waals surface area (Å²) in [6, 6.07) is 14.3. The minimum atomic E-state index is -0.0682. The fourth-order valence-electron chi connectivity index (χ4n) is 2.50. The van der Waals surface area contributed by atoms with Gasteiger partial charge in [-0.15, -0.1) is 0 Å². The van der Waals surface area contributed by atoms with Gasteiger partial charge in [-0.05, 0) is 37.5 Å². The Balaban J connectivity index is 2.29. The molecule has 2 aromatic carbocycles. The van der Waals surface area contributed by atoms with E-state index in [9.17, 15) is 5.11 Å². The quantitative estimate of drug-likeness (QED) is 0.872. The standard InChI is InChI=1S/C17H21NO/c1-12-9-13(2)17(14(3)10-12)18-16(11-19)15-7-5-4-6-8-15/h4-10,16,18-19H,11H2,1-3H3. The van der Waals surface area contributed by atoms with Crippen LogP contribution in [0.2, 0.25) is 0 Å². The van der Waals surface area contributed by atoms with Crippen molar-refractivity contribution in [1.82, 2.24) is 0 Å². The number of hydrogen-bond donors (Lipinski definition) is 2. The molecule has 100 valence electrons. The Bertz CT molecular complexity index is 525. The summed E-state index contributed by atoms with van der Waals surface area (Å²) < 4.78 is 0. The van der Waals surface area contributed by atoms with Crippen molar-refractivity contribution in [3.8, 4) is 0 Å². The molecule has 0 fully saturated rings. The van der Waals surface area contributed by atoms with Gasteiger partial charge < -0.3 is 10.4 Å². The molecule has 0 heterocycles. The zero-order valence-electron chi connectivity index (χ0n) is 11.8. The number of hydrogen-bond acceptors (Lipinski definition) is 2. The maximum atomic E-state index is 9.61. The van der Waals surface area contributed by atoms with E-state index in [1.165, 1.54) is 16.7 Å². The van der Waals surface area contributed by atoms with Crippen LogP contribution in [-0.4, -0.2) is 11.7 Å². The highest BCUT2D eigenvalue weighted by Gasteiger charge is 2.12. The van der Waals surface area contributed by atoms with Crippen molar-refractivity contribution in [3.05, 3.63) is 64.7 Å². The maximum Gasteiger partial charge on any atom is 0.0745 e. The predicted molar refractivity (Wildman–Crippen MR) is 80.5 cm³/mol. The van der Waals surface area contributed by atoms with Gasteiger partial charge in [-0.25, -0.2) is 0 Å². The van der Waals surface area contributed by atoms with Crippen molar-refractivity contribution in [1.29, 1.82) is 0 Å². The Hall–Kier alpha value is -1.80. The summed E-state index contributed by atoms with van der Waals surface area (Å²) in [7, 11) is 0. The van der Waals surface area contributed by atoms with Gasteiger partial charge in [0.15, 0.2) is 0 Å². The third-order valence-corrected chi connectivity index (χ3v) is 3.38. The lowest BCUT2D eigenvalue weighted by Crippen LogP contribution is -2.16. The molecule has 0 aromatic heterocycles. The molecular weight excluding hydrogens is 234 g/mol. The van der Waals surface area contributed by atoms with Crippen molar-refractivity contribution in [2.75, 3.05) is 11.9 Å². The number of benzene rings is 2. The molecule has 0 amide bonds. The summed E-state index contributed by atoms with van der Waals surface area (Å²) in [5, 5.41) is 13.1. The highest BCUT2D eigenvalue weighted by atomic mass is 16.3. The molecular formula is C17H21NO. The van der Waals surface area contributed by atoms with Gasteiger partial charge in [-0.3, -0.25) is 0 Å². The molecule has 1 unspecified atom stereocenters. The Kier molecular flexibility index (Phi) is 4.23. The largest absolute Gasteiger partial charge is 0.394 e. The molecule has 0 radical (unpaired) electrons. The Morgan fingerprint density at radius 3 is 2.11 bits per heavy atom. The molecule has 2 rings (SSSR count). The average molecular weight is 255 g/mol. The second-order valence-electron chi connectivity index (χ2n) is 5.06. The first-order chi connectivity index (χ1) is 9.11. The molecule has 19 heavy (non-hydrogen) atoms. The highest BCUT2D eigenvalue weighted by molar-refractivity contribution is 5.59. The topological polar surface area (TPSA) is 32.3 Å². The number of anilines is 1. The Labute approximate surface area is 115 Å². The maximum absolute atomic E-state index is 9.61. The third-order valence-electron chi connectivity index (χ3n) is 3.38. The van der Waals surface area contributed by atoms with Crippen LogP contribution in [0, 0.1) is 20.8 Å². The van der Waals surface area contributed by atoms with Crippen LogP contribution in [0.15, 0.2) is 42.5 Å². The molecule has 0 spiro atoms. The summed E-state index contributed by atoms with van der Waals surface area (Å²) in [5.74, 6) is 0. The fourth-order valence-corrected chi connectivity index (χ4v) is 2.50. The molecule has 2 N–H and O–H groups in total. The molecule has 0 saturated carbocycles. The van der Waals surface area contributed by atoms with E-state index < -0.39 is 0 Å². The van der Waals surface area contributed by atoms with Crippen LogP contribution in [0.3, 0.4) is 0 Å². The van der Waals surface area contributed by atoms with Crippen molar-refractivity contribution < 1.29 is 5.11 Å². The van der Waals surface area contributed by atoms with E-state index in [4.69, 9.17) is 0 Å². The Morgan fingerprint density at radius 1 is 1.00 bits per heavy atom. The van der Waals surface area contributed by atoms with Crippen molar-refractivity contribution in [2.24, 2.45) is 0 Å². The van der Waals surface area contributed by atoms with Gasteiger partial charge in [0.25, 0.3) is 0 Å². The van der Waals surface area contributed by atoms with Crippen molar-refractivity contribution in [2.45, 2.75) is 26.8 Å². The van der Waals surface area contributed by atoms with Gasteiger partial charge in [-0.1, -0.05) is 48.0 Å². The SMILES string of the molecule is Cc1cc(C)c(NC(CO)c2ccccc2)c(C)c1. The molecule has 2 heteroatoms. The first-order valence-corrected chi connectivity index (χ1v) is 6.62. The highest BCUT2D eigenvalue weighted by Crippen LogP contribution is 2.26. The monoisotopic (exact) mass is 255 g/mol. The molecule has 0 aliphatic rings. The summed E-state index contributed by atoms with van der Waals surface area (Å²) in [5.41, 5.74) is 5.91.